The molecule has 1 aliphatic rings. The van der Waals surface area contributed by atoms with Crippen LogP contribution in [0.1, 0.15) is 0 Å². The van der Waals surface area contributed by atoms with Crippen molar-refractivity contribution in [1.29, 1.82) is 0 Å². The largest absolute Gasteiger partial charge is 0.477 e. The van der Waals surface area contributed by atoms with Crippen molar-refractivity contribution in [3.63, 3.8) is 0 Å². The Morgan fingerprint density at radius 3 is 2.84 bits per heavy atom. The Kier molecular flexibility index (Phi) is 3.55. The molecule has 0 aromatic heterocycles. The number of rotatable bonds is 2. The third kappa shape index (κ3) is 3.30. The van der Waals surface area contributed by atoms with Crippen LogP contribution in [0.5, 0.6) is 5.75 Å². The van der Waals surface area contributed by atoms with Crippen LogP contribution in [0.25, 0.3) is 0 Å². The lowest BCUT2D eigenvalue weighted by molar-refractivity contribution is -0.162. The van der Waals surface area contributed by atoms with Gasteiger partial charge in [0.1, 0.15) is 12.3 Å². The second-order valence-electron chi connectivity index (χ2n) is 4.29. The van der Waals surface area contributed by atoms with Gasteiger partial charge in [-0.05, 0) is 12.1 Å². The van der Waals surface area contributed by atoms with Gasteiger partial charge < -0.3 is 15.0 Å². The summed E-state index contributed by atoms with van der Waals surface area (Å²) in [6, 6.07) is 6.96. The van der Waals surface area contributed by atoms with E-state index in [0.29, 0.717) is 10.6 Å². The van der Waals surface area contributed by atoms with E-state index < -0.39 is 24.7 Å². The van der Waals surface area contributed by atoms with E-state index >= 15 is 0 Å². The van der Waals surface area contributed by atoms with Crippen molar-refractivity contribution >= 4 is 11.6 Å². The summed E-state index contributed by atoms with van der Waals surface area (Å²) in [5.41, 5.74) is 0.727. The fourth-order valence-electron chi connectivity index (χ4n) is 1.84. The molecule has 0 fully saturated rings. The number of benzene rings is 1. The first kappa shape index (κ1) is 13.5. The maximum Gasteiger partial charge on any atom is 0.406 e. The highest BCUT2D eigenvalue weighted by Crippen LogP contribution is 2.28. The number of alkyl halides is 3. The number of fused-ring (bicyclic) bond motifs is 1. The Balaban J connectivity index is 2.03. The second-order valence-corrected chi connectivity index (χ2v) is 4.29. The molecule has 1 heterocycles. The zero-order chi connectivity index (χ0) is 14.0. The maximum absolute atomic E-state index is 12.2. The SMILES string of the molecule is CN(CC(F)(F)F)C(=O)C1CNc2ccccc2O1. The molecule has 1 aromatic carbocycles. The van der Waals surface area contributed by atoms with Gasteiger partial charge in [-0.25, -0.2) is 0 Å². The topological polar surface area (TPSA) is 41.6 Å². The van der Waals surface area contributed by atoms with Crippen LogP contribution in [0.2, 0.25) is 0 Å². The molecule has 104 valence electrons. The molecule has 1 aliphatic heterocycles. The third-order valence-electron chi connectivity index (χ3n) is 2.70. The molecule has 1 aromatic rings. The Labute approximate surface area is 108 Å². The van der Waals surface area contributed by atoms with Gasteiger partial charge >= 0.3 is 6.18 Å². The van der Waals surface area contributed by atoms with Crippen LogP contribution in [0, 0.1) is 0 Å². The summed E-state index contributed by atoms with van der Waals surface area (Å²) < 4.78 is 42.1. The zero-order valence-corrected chi connectivity index (χ0v) is 10.2. The lowest BCUT2D eigenvalue weighted by atomic mass is 10.2. The number of para-hydroxylation sites is 2. The Hall–Kier alpha value is -1.92. The van der Waals surface area contributed by atoms with E-state index in [9.17, 15) is 18.0 Å². The molecule has 0 spiro atoms. The minimum absolute atomic E-state index is 0.151. The van der Waals surface area contributed by atoms with Crippen LogP contribution in [-0.2, 0) is 4.79 Å². The number of carbonyl (C=O) groups is 1. The second kappa shape index (κ2) is 4.99. The molecule has 2 rings (SSSR count). The molecular weight excluding hydrogens is 261 g/mol. The molecule has 1 N–H and O–H groups in total. The normalized spacial score (nSPS) is 18.0. The Morgan fingerprint density at radius 1 is 1.47 bits per heavy atom. The monoisotopic (exact) mass is 274 g/mol. The van der Waals surface area contributed by atoms with E-state index in [0.717, 1.165) is 12.7 Å². The molecule has 0 saturated carbocycles. The first-order valence-electron chi connectivity index (χ1n) is 5.68. The minimum Gasteiger partial charge on any atom is -0.477 e. The smallest absolute Gasteiger partial charge is 0.406 e. The highest BCUT2D eigenvalue weighted by molar-refractivity contribution is 5.83. The van der Waals surface area contributed by atoms with Gasteiger partial charge in [-0.1, -0.05) is 12.1 Å². The first-order chi connectivity index (χ1) is 8.87. The highest BCUT2D eigenvalue weighted by Gasteiger charge is 2.35. The highest BCUT2D eigenvalue weighted by atomic mass is 19.4. The van der Waals surface area contributed by atoms with Crippen molar-refractivity contribution < 1.29 is 22.7 Å². The van der Waals surface area contributed by atoms with Crippen molar-refractivity contribution in [2.24, 2.45) is 0 Å². The standard InChI is InChI=1S/C12H13F3N2O2/c1-17(7-12(13,14)15)11(18)10-6-16-8-4-2-3-5-9(8)19-10/h2-5,10,16H,6-7H2,1H3. The van der Waals surface area contributed by atoms with Gasteiger partial charge in [0.05, 0.1) is 12.2 Å². The van der Waals surface area contributed by atoms with Crippen molar-refractivity contribution in [3.05, 3.63) is 24.3 Å². The number of hydrogen-bond acceptors (Lipinski definition) is 3. The number of ether oxygens (including phenoxy) is 1. The van der Waals surface area contributed by atoms with Gasteiger partial charge in [0, 0.05) is 7.05 Å². The maximum atomic E-state index is 12.2. The summed E-state index contributed by atoms with van der Waals surface area (Å²) >= 11 is 0. The summed E-state index contributed by atoms with van der Waals surface area (Å²) in [5.74, 6) is -0.230. The number of anilines is 1. The van der Waals surface area contributed by atoms with Crippen molar-refractivity contribution in [1.82, 2.24) is 4.90 Å². The van der Waals surface area contributed by atoms with Gasteiger partial charge in [-0.15, -0.1) is 0 Å². The van der Waals surface area contributed by atoms with E-state index in [4.69, 9.17) is 4.74 Å². The van der Waals surface area contributed by atoms with Gasteiger partial charge in [0.15, 0.2) is 6.10 Å². The van der Waals surface area contributed by atoms with E-state index in [1.807, 2.05) is 0 Å². The molecule has 0 aliphatic carbocycles. The average Bonchev–Trinajstić information content (AvgIpc) is 2.35. The van der Waals surface area contributed by atoms with Crippen LogP contribution < -0.4 is 10.1 Å². The number of carbonyl (C=O) groups excluding carboxylic acids is 1. The number of halogens is 3. The van der Waals surface area contributed by atoms with Crippen LogP contribution >= 0.6 is 0 Å². The van der Waals surface area contributed by atoms with Crippen LogP contribution in [-0.4, -0.2) is 43.2 Å². The predicted octanol–water partition coefficient (Wildman–Crippen LogP) is 1.88. The van der Waals surface area contributed by atoms with E-state index in [-0.39, 0.29) is 6.54 Å². The lowest BCUT2D eigenvalue weighted by Crippen LogP contribution is -2.48. The van der Waals surface area contributed by atoms with Gasteiger partial charge in [-0.3, -0.25) is 4.79 Å². The molecule has 1 unspecified atom stereocenters. The van der Waals surface area contributed by atoms with Gasteiger partial charge in [0.2, 0.25) is 0 Å². The first-order valence-corrected chi connectivity index (χ1v) is 5.68. The third-order valence-corrected chi connectivity index (χ3v) is 2.70. The van der Waals surface area contributed by atoms with Crippen molar-refractivity contribution in [2.75, 3.05) is 25.5 Å². The molecule has 0 radical (unpaired) electrons. The van der Waals surface area contributed by atoms with Gasteiger partial charge in [0.25, 0.3) is 5.91 Å². The minimum atomic E-state index is -4.41. The lowest BCUT2D eigenvalue weighted by Gasteiger charge is -2.29. The van der Waals surface area contributed by atoms with Gasteiger partial charge in [-0.2, -0.15) is 13.2 Å². The summed E-state index contributed by atoms with van der Waals surface area (Å²) in [6.07, 6.45) is -5.35. The van der Waals surface area contributed by atoms with Crippen LogP contribution in [0.4, 0.5) is 18.9 Å². The summed E-state index contributed by atoms with van der Waals surface area (Å²) in [7, 11) is 1.11. The molecule has 19 heavy (non-hydrogen) atoms. The fraction of sp³-hybridized carbons (Fsp3) is 0.417. The van der Waals surface area contributed by atoms with Crippen molar-refractivity contribution in [2.45, 2.75) is 12.3 Å². The number of amides is 1. The predicted molar refractivity (Wildman–Crippen MR) is 63.0 cm³/mol. The molecule has 0 bridgehead atoms. The van der Waals surface area contributed by atoms with E-state index in [1.165, 1.54) is 0 Å². The summed E-state index contributed by atoms with van der Waals surface area (Å²) in [5, 5.41) is 2.96. The van der Waals surface area contributed by atoms with Crippen LogP contribution in [0.3, 0.4) is 0 Å². The molecule has 7 heteroatoms. The number of likely N-dealkylation sites (N-methyl/N-ethyl adjacent to an activating group) is 1. The quantitative estimate of drug-likeness (QED) is 0.895. The van der Waals surface area contributed by atoms with Crippen LogP contribution in [0.15, 0.2) is 24.3 Å². The molecular formula is C12H13F3N2O2. The number of hydrogen-bond donors (Lipinski definition) is 1. The summed E-state index contributed by atoms with van der Waals surface area (Å²) in [6.45, 7) is -1.13. The summed E-state index contributed by atoms with van der Waals surface area (Å²) in [4.78, 5) is 12.5. The Bertz CT molecular complexity index is 476. The fourth-order valence-corrected chi connectivity index (χ4v) is 1.84. The van der Waals surface area contributed by atoms with Crippen molar-refractivity contribution in [3.8, 4) is 5.75 Å². The molecule has 1 atom stereocenters. The zero-order valence-electron chi connectivity index (χ0n) is 10.2. The molecule has 1 amide bonds. The molecule has 4 nitrogen and oxygen atoms in total. The molecule has 0 saturated heterocycles. The average molecular weight is 274 g/mol. The van der Waals surface area contributed by atoms with E-state index in [1.54, 1.807) is 24.3 Å². The number of nitrogens with zero attached hydrogens (tertiary/aromatic N) is 1. The van der Waals surface area contributed by atoms with E-state index in [2.05, 4.69) is 5.32 Å². The number of nitrogens with one attached hydrogen (secondary N) is 1. The Morgan fingerprint density at radius 2 is 2.16 bits per heavy atom.